The van der Waals surface area contributed by atoms with Gasteiger partial charge in [-0.2, -0.15) is 0 Å². The number of hydrogen-bond donors (Lipinski definition) is 1. The standard InChI is InChI=1S/C29H48O2/c1-2-3-4-5-6-7-8-12-22(30)20-29(31)28-19-18-26-25-15-14-21-11-9-10-13-23(21)24(25)16-17-27(26)28/h5-6,21,23-29,31H,2-4,7-20H2,1H3/b6-5+/t21-,23+,24-,25-,26+,27+,28?,29+/m1/s1. The number of aliphatic hydroxyl groups is 1. The molecule has 4 aliphatic carbocycles. The van der Waals surface area contributed by atoms with E-state index in [0.29, 0.717) is 24.7 Å². The van der Waals surface area contributed by atoms with Crippen molar-refractivity contribution in [3.05, 3.63) is 12.2 Å². The van der Waals surface area contributed by atoms with Crippen LogP contribution in [0.3, 0.4) is 0 Å². The molecule has 0 aromatic carbocycles. The van der Waals surface area contributed by atoms with Crippen LogP contribution < -0.4 is 0 Å². The number of carbonyl (C=O) groups is 1. The summed E-state index contributed by atoms with van der Waals surface area (Å²) in [7, 11) is 0. The number of aliphatic hydroxyl groups excluding tert-OH is 1. The van der Waals surface area contributed by atoms with E-state index in [1.54, 1.807) is 0 Å². The molecule has 0 bridgehead atoms. The molecule has 0 heterocycles. The summed E-state index contributed by atoms with van der Waals surface area (Å²) in [6, 6.07) is 0. The van der Waals surface area contributed by atoms with E-state index in [1.165, 1.54) is 77.0 Å². The molecule has 1 N–H and O–H groups in total. The van der Waals surface area contributed by atoms with Crippen molar-refractivity contribution in [1.29, 1.82) is 0 Å². The number of unbranched alkanes of at least 4 members (excludes halogenated alkanes) is 3. The number of ketones is 1. The lowest BCUT2D eigenvalue weighted by atomic mass is 9.53. The van der Waals surface area contributed by atoms with Crippen LogP contribution in [0, 0.1) is 41.4 Å². The molecule has 4 rings (SSSR count). The first-order valence-electron chi connectivity index (χ1n) is 14.0. The number of carbonyl (C=O) groups excluding carboxylic acids is 1. The van der Waals surface area contributed by atoms with Gasteiger partial charge in [0.05, 0.1) is 6.10 Å². The number of rotatable bonds is 10. The second-order valence-electron chi connectivity index (χ2n) is 11.6. The topological polar surface area (TPSA) is 37.3 Å². The smallest absolute Gasteiger partial charge is 0.135 e. The molecule has 4 aliphatic rings. The highest BCUT2D eigenvalue weighted by molar-refractivity contribution is 5.78. The van der Waals surface area contributed by atoms with Crippen LogP contribution in [0.2, 0.25) is 0 Å². The fourth-order valence-electron chi connectivity index (χ4n) is 8.47. The van der Waals surface area contributed by atoms with Gasteiger partial charge in [-0.3, -0.25) is 4.79 Å². The van der Waals surface area contributed by atoms with Crippen molar-refractivity contribution in [1.82, 2.24) is 0 Å². The lowest BCUT2D eigenvalue weighted by Crippen LogP contribution is -2.45. The van der Waals surface area contributed by atoms with Gasteiger partial charge in [-0.15, -0.1) is 0 Å². The lowest BCUT2D eigenvalue weighted by molar-refractivity contribution is -0.122. The average molecular weight is 429 g/mol. The van der Waals surface area contributed by atoms with Crippen LogP contribution in [-0.4, -0.2) is 17.0 Å². The first-order valence-corrected chi connectivity index (χ1v) is 14.0. The van der Waals surface area contributed by atoms with Gasteiger partial charge in [-0.25, -0.2) is 0 Å². The van der Waals surface area contributed by atoms with Crippen molar-refractivity contribution < 1.29 is 9.90 Å². The maximum atomic E-state index is 12.5. The third-order valence-electron chi connectivity index (χ3n) is 9.90. The molecule has 8 atom stereocenters. The summed E-state index contributed by atoms with van der Waals surface area (Å²) in [6.45, 7) is 2.22. The lowest BCUT2D eigenvalue weighted by Gasteiger charge is -2.52. The average Bonchev–Trinajstić information content (AvgIpc) is 3.23. The molecule has 0 aliphatic heterocycles. The van der Waals surface area contributed by atoms with Gasteiger partial charge in [0.15, 0.2) is 0 Å². The van der Waals surface area contributed by atoms with Gasteiger partial charge in [-0.1, -0.05) is 51.2 Å². The molecule has 0 radical (unpaired) electrons. The van der Waals surface area contributed by atoms with Crippen molar-refractivity contribution in [2.24, 2.45) is 41.4 Å². The Hall–Kier alpha value is -0.630. The minimum atomic E-state index is -0.384. The van der Waals surface area contributed by atoms with Crippen LogP contribution in [0.15, 0.2) is 12.2 Å². The molecule has 31 heavy (non-hydrogen) atoms. The summed E-state index contributed by atoms with van der Waals surface area (Å²) in [5.74, 6) is 6.22. The third kappa shape index (κ3) is 5.66. The van der Waals surface area contributed by atoms with Crippen LogP contribution in [0.4, 0.5) is 0 Å². The van der Waals surface area contributed by atoms with E-state index in [4.69, 9.17) is 0 Å². The highest BCUT2D eigenvalue weighted by atomic mass is 16.3. The predicted molar refractivity (Wildman–Crippen MR) is 129 cm³/mol. The first-order chi connectivity index (χ1) is 15.2. The molecule has 2 heteroatoms. The molecule has 1 unspecified atom stereocenters. The van der Waals surface area contributed by atoms with E-state index in [-0.39, 0.29) is 11.9 Å². The largest absolute Gasteiger partial charge is 0.392 e. The Kier molecular flexibility index (Phi) is 8.71. The van der Waals surface area contributed by atoms with E-state index in [0.717, 1.165) is 48.9 Å². The van der Waals surface area contributed by atoms with Crippen LogP contribution in [0.25, 0.3) is 0 Å². The second kappa shape index (κ2) is 11.5. The van der Waals surface area contributed by atoms with E-state index in [1.807, 2.05) is 0 Å². The van der Waals surface area contributed by atoms with Crippen LogP contribution in [-0.2, 0) is 4.79 Å². The van der Waals surface area contributed by atoms with Gasteiger partial charge in [0.1, 0.15) is 5.78 Å². The summed E-state index contributed by atoms with van der Waals surface area (Å²) in [5.41, 5.74) is 0. The molecule has 0 spiro atoms. The van der Waals surface area contributed by atoms with E-state index < -0.39 is 0 Å². The molecule has 0 aromatic rings. The number of fused-ring (bicyclic) bond motifs is 5. The zero-order valence-electron chi connectivity index (χ0n) is 20.1. The molecule has 0 saturated heterocycles. The van der Waals surface area contributed by atoms with Crippen molar-refractivity contribution in [3.63, 3.8) is 0 Å². The van der Waals surface area contributed by atoms with Crippen molar-refractivity contribution in [2.45, 2.75) is 122 Å². The van der Waals surface area contributed by atoms with Crippen molar-refractivity contribution >= 4 is 5.78 Å². The van der Waals surface area contributed by atoms with Crippen LogP contribution >= 0.6 is 0 Å². The molecular weight excluding hydrogens is 380 g/mol. The van der Waals surface area contributed by atoms with Gasteiger partial charge < -0.3 is 5.11 Å². The van der Waals surface area contributed by atoms with Crippen molar-refractivity contribution in [2.75, 3.05) is 0 Å². The molecule has 176 valence electrons. The Bertz CT molecular complexity index is 596. The number of hydrogen-bond acceptors (Lipinski definition) is 2. The zero-order valence-corrected chi connectivity index (χ0v) is 20.1. The van der Waals surface area contributed by atoms with Crippen LogP contribution in [0.5, 0.6) is 0 Å². The molecule has 0 aromatic heterocycles. The zero-order chi connectivity index (χ0) is 21.6. The Balaban J connectivity index is 1.22. The summed E-state index contributed by atoms with van der Waals surface area (Å²) in [6.07, 6.45) is 24.9. The maximum Gasteiger partial charge on any atom is 0.135 e. The first kappa shape index (κ1) is 23.5. The molecule has 4 saturated carbocycles. The van der Waals surface area contributed by atoms with Gasteiger partial charge in [-0.05, 0) is 106 Å². The third-order valence-corrected chi connectivity index (χ3v) is 9.90. The molecule has 4 fully saturated rings. The minimum Gasteiger partial charge on any atom is -0.392 e. The van der Waals surface area contributed by atoms with Gasteiger partial charge in [0.2, 0.25) is 0 Å². The maximum absolute atomic E-state index is 12.5. The Labute approximate surface area is 191 Å². The molecule has 0 amide bonds. The molecule has 2 nitrogen and oxygen atoms in total. The quantitative estimate of drug-likeness (QED) is 0.289. The molecular formula is C29H48O2. The SMILES string of the molecule is CCCC/C=C/CCCC(=O)C[C@H](O)C1CC[C@H]2[C@@H]3CC[C@H]4CCCC[C@@H]4[C@H]3CC[C@H]12. The summed E-state index contributed by atoms with van der Waals surface area (Å²) >= 11 is 0. The van der Waals surface area contributed by atoms with Crippen LogP contribution in [0.1, 0.15) is 116 Å². The fourth-order valence-corrected chi connectivity index (χ4v) is 8.47. The van der Waals surface area contributed by atoms with E-state index in [9.17, 15) is 9.90 Å². The normalized spacial score (nSPS) is 38.5. The summed E-state index contributed by atoms with van der Waals surface area (Å²) in [5, 5.41) is 11.0. The summed E-state index contributed by atoms with van der Waals surface area (Å²) < 4.78 is 0. The van der Waals surface area contributed by atoms with Gasteiger partial charge >= 0.3 is 0 Å². The van der Waals surface area contributed by atoms with Gasteiger partial charge in [0, 0.05) is 12.8 Å². The highest BCUT2D eigenvalue weighted by Gasteiger charge is 2.52. The number of allylic oxidation sites excluding steroid dienone is 2. The second-order valence-corrected chi connectivity index (χ2v) is 11.6. The Morgan fingerprint density at radius 1 is 0.806 bits per heavy atom. The van der Waals surface area contributed by atoms with Crippen molar-refractivity contribution in [3.8, 4) is 0 Å². The summed E-state index contributed by atoms with van der Waals surface area (Å²) in [4.78, 5) is 12.5. The fraction of sp³-hybridized carbons (Fsp3) is 0.897. The van der Waals surface area contributed by atoms with Gasteiger partial charge in [0.25, 0.3) is 0 Å². The Morgan fingerprint density at radius 3 is 2.29 bits per heavy atom. The van der Waals surface area contributed by atoms with E-state index >= 15 is 0 Å². The Morgan fingerprint density at radius 2 is 1.45 bits per heavy atom. The number of Topliss-reactive ketones (excluding diaryl/α,β-unsaturated/α-hetero) is 1. The predicted octanol–water partition coefficient (Wildman–Crippen LogP) is 7.49. The van der Waals surface area contributed by atoms with E-state index in [2.05, 4.69) is 19.1 Å². The highest BCUT2D eigenvalue weighted by Crippen LogP contribution is 2.59. The monoisotopic (exact) mass is 428 g/mol. The minimum absolute atomic E-state index is 0.286.